The van der Waals surface area contributed by atoms with Crippen molar-refractivity contribution >= 4 is 0 Å². The Hall–Kier alpha value is -1.10. The van der Waals surface area contributed by atoms with Gasteiger partial charge in [0.2, 0.25) is 0 Å². The number of aliphatic hydroxyl groups is 1. The van der Waals surface area contributed by atoms with Gasteiger partial charge in [-0.1, -0.05) is 6.07 Å². The smallest absolute Gasteiger partial charge is 0.119 e. The van der Waals surface area contributed by atoms with Crippen molar-refractivity contribution in [3.63, 3.8) is 0 Å². The van der Waals surface area contributed by atoms with Crippen molar-refractivity contribution < 1.29 is 9.84 Å². The molecule has 0 aliphatic heterocycles. The third-order valence-corrected chi connectivity index (χ3v) is 2.98. The summed E-state index contributed by atoms with van der Waals surface area (Å²) in [6.07, 6.45) is -0.500. The summed E-state index contributed by atoms with van der Waals surface area (Å²) in [5, 5.41) is 13.2. The zero-order valence-electron chi connectivity index (χ0n) is 13.3. The molecular weight excluding hydrogens is 252 g/mol. The highest BCUT2D eigenvalue weighted by molar-refractivity contribution is 5.32. The minimum Gasteiger partial charge on any atom is -0.491 e. The van der Waals surface area contributed by atoms with Gasteiger partial charge in [0, 0.05) is 19.1 Å². The van der Waals surface area contributed by atoms with Crippen LogP contribution in [0, 0.1) is 13.8 Å². The molecule has 0 bridgehead atoms. The van der Waals surface area contributed by atoms with Gasteiger partial charge in [-0.15, -0.1) is 0 Å². The number of aryl methyl sites for hydroxylation is 2. The lowest BCUT2D eigenvalue weighted by Gasteiger charge is -2.20. The maximum absolute atomic E-state index is 9.93. The van der Waals surface area contributed by atoms with Crippen LogP contribution in [0.15, 0.2) is 18.2 Å². The quantitative estimate of drug-likeness (QED) is 0.759. The van der Waals surface area contributed by atoms with Gasteiger partial charge in [-0.2, -0.15) is 0 Å². The first-order chi connectivity index (χ1) is 9.36. The molecule has 2 N–H and O–H groups in total. The number of ether oxygens (including phenoxy) is 1. The molecule has 0 saturated carbocycles. The predicted molar refractivity (Wildman–Crippen MR) is 83.4 cm³/mol. The topological polar surface area (TPSA) is 44.7 Å². The van der Waals surface area contributed by atoms with Gasteiger partial charge < -0.3 is 20.1 Å². The van der Waals surface area contributed by atoms with Gasteiger partial charge in [-0.05, 0) is 58.1 Å². The molecule has 0 aromatic heterocycles. The Labute approximate surface area is 122 Å². The van der Waals surface area contributed by atoms with E-state index in [1.54, 1.807) is 0 Å². The highest BCUT2D eigenvalue weighted by Crippen LogP contribution is 2.16. The predicted octanol–water partition coefficient (Wildman–Crippen LogP) is 1.58. The minimum absolute atomic E-state index is 0.310. The van der Waals surface area contributed by atoms with E-state index in [9.17, 15) is 5.11 Å². The maximum atomic E-state index is 9.93. The summed E-state index contributed by atoms with van der Waals surface area (Å²) < 4.78 is 5.64. The van der Waals surface area contributed by atoms with Gasteiger partial charge in [-0.3, -0.25) is 0 Å². The van der Waals surface area contributed by atoms with Crippen LogP contribution in [0.1, 0.15) is 18.1 Å². The Balaban J connectivity index is 2.30. The van der Waals surface area contributed by atoms with E-state index in [2.05, 4.69) is 23.2 Å². The van der Waals surface area contributed by atoms with Gasteiger partial charge >= 0.3 is 0 Å². The highest BCUT2D eigenvalue weighted by atomic mass is 16.5. The van der Waals surface area contributed by atoms with E-state index < -0.39 is 6.10 Å². The van der Waals surface area contributed by atoms with E-state index in [4.69, 9.17) is 4.74 Å². The van der Waals surface area contributed by atoms with Crippen LogP contribution in [0.4, 0.5) is 0 Å². The molecule has 0 fully saturated rings. The van der Waals surface area contributed by atoms with Gasteiger partial charge in [0.1, 0.15) is 18.5 Å². The van der Waals surface area contributed by atoms with Gasteiger partial charge in [-0.25, -0.2) is 0 Å². The standard InChI is InChI=1S/C16H28N2O2/c1-12-6-13(2)8-16(7-12)20-11-15(19)9-17-14(3)10-18(4)5/h6-8,14-15,17,19H,9-11H2,1-5H3. The van der Waals surface area contributed by atoms with Gasteiger partial charge in [0.15, 0.2) is 0 Å². The lowest BCUT2D eigenvalue weighted by atomic mass is 10.1. The Kier molecular flexibility index (Phi) is 6.99. The molecule has 0 amide bonds. The molecule has 4 nitrogen and oxygen atoms in total. The molecule has 1 aromatic rings. The monoisotopic (exact) mass is 280 g/mol. The number of hydrogen-bond acceptors (Lipinski definition) is 4. The molecule has 2 atom stereocenters. The molecule has 0 heterocycles. The number of rotatable bonds is 8. The molecule has 20 heavy (non-hydrogen) atoms. The largest absolute Gasteiger partial charge is 0.491 e. The molecule has 0 aliphatic rings. The van der Waals surface area contributed by atoms with E-state index in [-0.39, 0.29) is 0 Å². The molecule has 0 saturated heterocycles. The zero-order valence-corrected chi connectivity index (χ0v) is 13.3. The van der Waals surface area contributed by atoms with E-state index >= 15 is 0 Å². The fourth-order valence-electron chi connectivity index (χ4n) is 2.22. The van der Waals surface area contributed by atoms with Crippen molar-refractivity contribution in [1.82, 2.24) is 10.2 Å². The Morgan fingerprint density at radius 3 is 2.35 bits per heavy atom. The van der Waals surface area contributed by atoms with Crippen LogP contribution in [0.25, 0.3) is 0 Å². The number of aliphatic hydroxyl groups excluding tert-OH is 1. The number of nitrogens with one attached hydrogen (secondary N) is 1. The molecule has 0 radical (unpaired) electrons. The SMILES string of the molecule is Cc1cc(C)cc(OCC(O)CNC(C)CN(C)C)c1. The fraction of sp³-hybridized carbons (Fsp3) is 0.625. The van der Waals surface area contributed by atoms with Crippen LogP contribution in [-0.2, 0) is 0 Å². The lowest BCUT2D eigenvalue weighted by Crippen LogP contribution is -2.41. The second-order valence-electron chi connectivity index (χ2n) is 5.86. The van der Waals surface area contributed by atoms with E-state index in [1.165, 1.54) is 11.1 Å². The Morgan fingerprint density at radius 1 is 1.20 bits per heavy atom. The summed E-state index contributed by atoms with van der Waals surface area (Å²) in [5.41, 5.74) is 2.35. The normalized spacial score (nSPS) is 14.3. The zero-order chi connectivity index (χ0) is 15.1. The van der Waals surface area contributed by atoms with Crippen LogP contribution >= 0.6 is 0 Å². The average Bonchev–Trinajstić information content (AvgIpc) is 2.32. The van der Waals surface area contributed by atoms with Crippen LogP contribution in [0.5, 0.6) is 5.75 Å². The summed E-state index contributed by atoms with van der Waals surface area (Å²) in [6.45, 7) is 7.99. The maximum Gasteiger partial charge on any atom is 0.119 e. The summed E-state index contributed by atoms with van der Waals surface area (Å²) in [4.78, 5) is 2.12. The van der Waals surface area contributed by atoms with Gasteiger partial charge in [0.05, 0.1) is 0 Å². The van der Waals surface area contributed by atoms with Crippen molar-refractivity contribution in [2.24, 2.45) is 0 Å². The van der Waals surface area contributed by atoms with Crippen molar-refractivity contribution in [3.8, 4) is 5.75 Å². The van der Waals surface area contributed by atoms with Crippen molar-refractivity contribution in [3.05, 3.63) is 29.3 Å². The van der Waals surface area contributed by atoms with Crippen LogP contribution < -0.4 is 10.1 Å². The number of hydrogen-bond donors (Lipinski definition) is 2. The molecule has 4 heteroatoms. The summed E-state index contributed by atoms with van der Waals surface area (Å²) in [6, 6.07) is 6.43. The molecule has 1 rings (SSSR count). The van der Waals surface area contributed by atoms with Crippen molar-refractivity contribution in [1.29, 1.82) is 0 Å². The fourth-order valence-corrected chi connectivity index (χ4v) is 2.22. The number of nitrogens with zero attached hydrogens (tertiary/aromatic N) is 1. The second-order valence-corrected chi connectivity index (χ2v) is 5.86. The Morgan fingerprint density at radius 2 is 1.80 bits per heavy atom. The first kappa shape index (κ1) is 17.0. The molecule has 0 aliphatic carbocycles. The second kappa shape index (κ2) is 8.25. The summed E-state index contributed by atoms with van der Waals surface area (Å²) in [7, 11) is 4.08. The first-order valence-electron chi connectivity index (χ1n) is 7.14. The summed E-state index contributed by atoms with van der Waals surface area (Å²) >= 11 is 0. The van der Waals surface area contributed by atoms with E-state index in [0.29, 0.717) is 19.2 Å². The number of benzene rings is 1. The van der Waals surface area contributed by atoms with Gasteiger partial charge in [0.25, 0.3) is 0 Å². The van der Waals surface area contributed by atoms with Crippen LogP contribution in [0.2, 0.25) is 0 Å². The molecule has 1 aromatic carbocycles. The highest BCUT2D eigenvalue weighted by Gasteiger charge is 2.09. The molecule has 2 unspecified atom stereocenters. The third kappa shape index (κ3) is 6.89. The molecule has 0 spiro atoms. The molecular formula is C16H28N2O2. The first-order valence-corrected chi connectivity index (χ1v) is 7.14. The minimum atomic E-state index is -0.500. The van der Waals surface area contributed by atoms with E-state index in [1.807, 2.05) is 40.1 Å². The van der Waals surface area contributed by atoms with Crippen molar-refractivity contribution in [2.75, 3.05) is 33.8 Å². The summed E-state index contributed by atoms with van der Waals surface area (Å²) in [5.74, 6) is 0.822. The molecule has 114 valence electrons. The Bertz CT molecular complexity index is 387. The van der Waals surface area contributed by atoms with Crippen LogP contribution in [-0.4, -0.2) is 55.9 Å². The lowest BCUT2D eigenvalue weighted by molar-refractivity contribution is 0.103. The van der Waals surface area contributed by atoms with E-state index in [0.717, 1.165) is 12.3 Å². The van der Waals surface area contributed by atoms with Crippen molar-refractivity contribution in [2.45, 2.75) is 32.9 Å². The third-order valence-electron chi connectivity index (χ3n) is 2.98. The number of likely N-dealkylation sites (N-methyl/N-ethyl adjacent to an activating group) is 1. The van der Waals surface area contributed by atoms with Crippen LogP contribution in [0.3, 0.4) is 0 Å². The average molecular weight is 280 g/mol.